The number of benzene rings is 2. The van der Waals surface area contributed by atoms with Crippen LogP contribution < -0.4 is 20.3 Å². The van der Waals surface area contributed by atoms with Gasteiger partial charge in [-0.3, -0.25) is 4.79 Å². The van der Waals surface area contributed by atoms with Crippen molar-refractivity contribution in [3.63, 3.8) is 0 Å². The summed E-state index contributed by atoms with van der Waals surface area (Å²) in [6.07, 6.45) is 2.19. The second-order valence-corrected chi connectivity index (χ2v) is 8.20. The van der Waals surface area contributed by atoms with Crippen LogP contribution in [-0.2, 0) is 4.79 Å². The maximum Gasteiger partial charge on any atom is 0.221 e. The van der Waals surface area contributed by atoms with Gasteiger partial charge in [-0.25, -0.2) is 0 Å². The molecule has 1 aliphatic carbocycles. The number of rotatable bonds is 6. The average Bonchev–Trinajstić information content (AvgIpc) is 3.48. The molecule has 2 fully saturated rings. The van der Waals surface area contributed by atoms with Gasteiger partial charge in [0.05, 0.1) is 17.4 Å². The summed E-state index contributed by atoms with van der Waals surface area (Å²) in [4.78, 5) is 13.7. The topological polar surface area (TPSA) is 99.9 Å². The van der Waals surface area contributed by atoms with E-state index in [4.69, 9.17) is 9.26 Å². The van der Waals surface area contributed by atoms with E-state index in [1.54, 1.807) is 6.07 Å². The number of ether oxygens (including phenoxy) is 1. The Morgan fingerprint density at radius 3 is 2.72 bits per heavy atom. The Balaban J connectivity index is 1.47. The van der Waals surface area contributed by atoms with Crippen molar-refractivity contribution in [1.29, 1.82) is 0 Å². The van der Waals surface area contributed by atoms with Crippen LogP contribution in [0.25, 0.3) is 22.5 Å². The fourth-order valence-electron chi connectivity index (χ4n) is 3.86. The fourth-order valence-corrected chi connectivity index (χ4v) is 3.86. The molecule has 32 heavy (non-hydrogen) atoms. The Bertz CT molecular complexity index is 1130. The van der Waals surface area contributed by atoms with Crippen LogP contribution in [0, 0.1) is 0 Å². The number of anilines is 2. The number of hydrogen-bond acceptors (Lipinski definition) is 7. The molecule has 2 heterocycles. The summed E-state index contributed by atoms with van der Waals surface area (Å²) < 4.78 is 11.6. The van der Waals surface area contributed by atoms with Crippen LogP contribution in [0.15, 0.2) is 47.0 Å². The molecule has 0 bridgehead atoms. The first-order valence-corrected chi connectivity index (χ1v) is 10.9. The lowest BCUT2D eigenvalue weighted by atomic mass is 9.99. The molecule has 2 aromatic carbocycles. The number of hydrogen-bond donors (Lipinski definition) is 3. The van der Waals surface area contributed by atoms with Crippen LogP contribution in [0.2, 0.25) is 0 Å². The first-order chi connectivity index (χ1) is 15.6. The Hall–Kier alpha value is -3.52. The van der Waals surface area contributed by atoms with E-state index in [2.05, 4.69) is 20.7 Å². The zero-order valence-electron chi connectivity index (χ0n) is 17.9. The Kier molecular flexibility index (Phi) is 5.45. The van der Waals surface area contributed by atoms with Crippen LogP contribution in [0.3, 0.4) is 0 Å². The van der Waals surface area contributed by atoms with E-state index >= 15 is 0 Å². The van der Waals surface area contributed by atoms with Crippen molar-refractivity contribution < 1.29 is 19.2 Å². The van der Waals surface area contributed by atoms with Gasteiger partial charge in [-0.15, -0.1) is 0 Å². The summed E-state index contributed by atoms with van der Waals surface area (Å²) in [6, 6.07) is 12.9. The first-order valence-electron chi connectivity index (χ1n) is 10.9. The minimum Gasteiger partial charge on any atom is -0.507 e. The van der Waals surface area contributed by atoms with E-state index < -0.39 is 0 Å². The van der Waals surface area contributed by atoms with Crippen molar-refractivity contribution in [1.82, 2.24) is 10.5 Å². The molecule has 3 aromatic rings. The van der Waals surface area contributed by atoms with Gasteiger partial charge < -0.3 is 29.9 Å². The third kappa shape index (κ3) is 4.27. The minimum absolute atomic E-state index is 0.111. The molecule has 1 saturated carbocycles. The summed E-state index contributed by atoms with van der Waals surface area (Å²) >= 11 is 0. The molecule has 0 radical (unpaired) electrons. The normalized spacial score (nSPS) is 16.1. The third-order valence-corrected chi connectivity index (χ3v) is 5.66. The zero-order valence-corrected chi connectivity index (χ0v) is 17.9. The van der Waals surface area contributed by atoms with Crippen molar-refractivity contribution in [3.8, 4) is 33.9 Å². The van der Waals surface area contributed by atoms with Crippen molar-refractivity contribution >= 4 is 17.4 Å². The molecule has 0 atom stereocenters. The van der Waals surface area contributed by atoms with Crippen LogP contribution in [0.4, 0.5) is 11.5 Å². The van der Waals surface area contributed by atoms with Crippen molar-refractivity contribution in [2.45, 2.75) is 25.9 Å². The highest BCUT2D eigenvalue weighted by molar-refractivity contribution is 5.91. The van der Waals surface area contributed by atoms with Crippen molar-refractivity contribution in [3.05, 3.63) is 42.5 Å². The highest BCUT2D eigenvalue weighted by Crippen LogP contribution is 2.42. The van der Waals surface area contributed by atoms with E-state index in [9.17, 15) is 9.90 Å². The number of nitrogens with zero attached hydrogens (tertiary/aromatic N) is 2. The Morgan fingerprint density at radius 2 is 1.97 bits per heavy atom. The summed E-state index contributed by atoms with van der Waals surface area (Å²) in [6.45, 7) is 5.01. The summed E-state index contributed by atoms with van der Waals surface area (Å²) in [5, 5.41) is 21.4. The Morgan fingerprint density at radius 1 is 1.19 bits per heavy atom. The molecule has 5 rings (SSSR count). The molecule has 1 aliphatic heterocycles. The van der Waals surface area contributed by atoms with Crippen LogP contribution >= 0.6 is 0 Å². The first kappa shape index (κ1) is 20.4. The van der Waals surface area contributed by atoms with Gasteiger partial charge in [0.1, 0.15) is 11.5 Å². The number of phenols is 1. The number of phenolic OH excluding ortho intramolecular Hbond substituents is 1. The molecule has 166 valence electrons. The fraction of sp³-hybridized carbons (Fsp3) is 0.333. The van der Waals surface area contributed by atoms with Gasteiger partial charge in [0.2, 0.25) is 5.91 Å². The lowest BCUT2D eigenvalue weighted by Crippen LogP contribution is -2.43. The van der Waals surface area contributed by atoms with Crippen LogP contribution in [-0.4, -0.2) is 48.5 Å². The largest absolute Gasteiger partial charge is 0.507 e. The molecule has 8 heteroatoms. The van der Waals surface area contributed by atoms with Crippen LogP contribution in [0.1, 0.15) is 19.8 Å². The molecule has 1 saturated heterocycles. The number of aromatic nitrogens is 1. The molecular weight excluding hydrogens is 408 g/mol. The van der Waals surface area contributed by atoms with Gasteiger partial charge in [-0.2, -0.15) is 0 Å². The molecule has 0 spiro atoms. The number of aromatic hydroxyl groups is 1. The van der Waals surface area contributed by atoms with E-state index in [-0.39, 0.29) is 17.8 Å². The molecule has 0 unspecified atom stereocenters. The van der Waals surface area contributed by atoms with Crippen molar-refractivity contribution in [2.24, 2.45) is 0 Å². The number of carbonyl (C=O) groups excluding carboxylic acids is 1. The molecule has 1 amide bonds. The van der Waals surface area contributed by atoms with Gasteiger partial charge in [-0.1, -0.05) is 23.4 Å². The predicted molar refractivity (Wildman–Crippen MR) is 122 cm³/mol. The quantitative estimate of drug-likeness (QED) is 0.545. The lowest BCUT2D eigenvalue weighted by molar-refractivity contribution is -0.114. The Labute approximate surface area is 186 Å². The van der Waals surface area contributed by atoms with E-state index in [1.807, 2.05) is 36.4 Å². The highest BCUT2D eigenvalue weighted by atomic mass is 16.5. The standard InChI is InChI=1S/C24H26N4O4/c1-15(29)26-20-8-5-16(13-22(20)31-17-6-7-17)18-3-2-4-19(24(18)30)21-14-23(27-32-21)28-11-9-25-10-12-28/h2-5,8,13-14,17,25,30H,6-7,9-12H2,1H3,(H,26,29). The number of para-hydroxylation sites is 1. The molecular formula is C24H26N4O4. The number of nitrogens with one attached hydrogen (secondary N) is 2. The van der Waals surface area contributed by atoms with Gasteiger partial charge in [0, 0.05) is 44.7 Å². The SMILES string of the molecule is CC(=O)Nc1ccc(-c2cccc(-c3cc(N4CCNCC4)no3)c2O)cc1OC1CC1. The predicted octanol–water partition coefficient (Wildman–Crippen LogP) is 3.62. The average molecular weight is 434 g/mol. The zero-order chi connectivity index (χ0) is 22.1. The lowest BCUT2D eigenvalue weighted by Gasteiger charge is -2.26. The molecule has 1 aromatic heterocycles. The molecule has 8 nitrogen and oxygen atoms in total. The maximum atomic E-state index is 11.6. The number of amides is 1. The monoisotopic (exact) mass is 434 g/mol. The maximum absolute atomic E-state index is 11.6. The molecule has 3 N–H and O–H groups in total. The van der Waals surface area contributed by atoms with Gasteiger partial charge in [-0.05, 0) is 36.6 Å². The number of piperazine rings is 1. The summed E-state index contributed by atoms with van der Waals surface area (Å²) in [7, 11) is 0. The molecule has 2 aliphatic rings. The summed E-state index contributed by atoms with van der Waals surface area (Å²) in [5.74, 6) is 1.84. The summed E-state index contributed by atoms with van der Waals surface area (Å²) in [5.41, 5.74) is 2.64. The second kappa shape index (κ2) is 8.55. The van der Waals surface area contributed by atoms with Crippen LogP contribution in [0.5, 0.6) is 11.5 Å². The minimum atomic E-state index is -0.158. The van der Waals surface area contributed by atoms with E-state index in [1.165, 1.54) is 6.92 Å². The number of carbonyl (C=O) groups is 1. The van der Waals surface area contributed by atoms with Gasteiger partial charge in [0.15, 0.2) is 11.6 Å². The van der Waals surface area contributed by atoms with Crippen molar-refractivity contribution in [2.75, 3.05) is 36.4 Å². The van der Waals surface area contributed by atoms with E-state index in [0.717, 1.165) is 50.4 Å². The smallest absolute Gasteiger partial charge is 0.221 e. The van der Waals surface area contributed by atoms with Gasteiger partial charge in [0.25, 0.3) is 0 Å². The van der Waals surface area contributed by atoms with Gasteiger partial charge >= 0.3 is 0 Å². The highest BCUT2D eigenvalue weighted by Gasteiger charge is 2.25. The second-order valence-electron chi connectivity index (χ2n) is 8.20. The van der Waals surface area contributed by atoms with E-state index in [0.29, 0.717) is 28.3 Å². The third-order valence-electron chi connectivity index (χ3n) is 5.66.